The SMILES string of the molecule is COc1cc(/C=C/C(=O)Nc2sc(=S)c3c(c2C#N)CCC(C)C3)ccc1OCc1ccccc1. The predicted molar refractivity (Wildman–Crippen MR) is 142 cm³/mol. The lowest BCUT2D eigenvalue weighted by Gasteiger charge is -2.23. The second kappa shape index (κ2) is 11.3. The summed E-state index contributed by atoms with van der Waals surface area (Å²) in [5, 5.41) is 13.2. The van der Waals surface area contributed by atoms with E-state index in [-0.39, 0.29) is 5.91 Å². The molecule has 35 heavy (non-hydrogen) atoms. The van der Waals surface area contributed by atoms with Gasteiger partial charge in [-0.3, -0.25) is 4.79 Å². The first kappa shape index (κ1) is 24.6. The maximum Gasteiger partial charge on any atom is 0.249 e. The van der Waals surface area contributed by atoms with Crippen molar-refractivity contribution in [1.29, 1.82) is 5.26 Å². The van der Waals surface area contributed by atoms with E-state index in [1.54, 1.807) is 13.2 Å². The summed E-state index contributed by atoms with van der Waals surface area (Å²) < 4.78 is 12.1. The van der Waals surface area contributed by atoms with Gasteiger partial charge in [-0.1, -0.05) is 55.5 Å². The van der Waals surface area contributed by atoms with Gasteiger partial charge in [0.2, 0.25) is 5.91 Å². The normalized spacial score (nSPS) is 14.7. The molecule has 0 fully saturated rings. The Morgan fingerprint density at radius 2 is 2.03 bits per heavy atom. The van der Waals surface area contributed by atoms with E-state index in [1.807, 2.05) is 48.5 Å². The van der Waals surface area contributed by atoms with Crippen molar-refractivity contribution < 1.29 is 14.3 Å². The van der Waals surface area contributed by atoms with Crippen LogP contribution in [0.3, 0.4) is 0 Å². The van der Waals surface area contributed by atoms with Gasteiger partial charge in [0.1, 0.15) is 17.7 Å². The first-order valence-electron chi connectivity index (χ1n) is 11.4. The zero-order valence-electron chi connectivity index (χ0n) is 19.7. The summed E-state index contributed by atoms with van der Waals surface area (Å²) in [5.41, 5.74) is 4.47. The van der Waals surface area contributed by atoms with Crippen LogP contribution < -0.4 is 14.8 Å². The second-order valence-electron chi connectivity index (χ2n) is 8.52. The Balaban J connectivity index is 1.47. The van der Waals surface area contributed by atoms with E-state index < -0.39 is 0 Å². The second-order valence-corrected chi connectivity index (χ2v) is 10.2. The van der Waals surface area contributed by atoms with Crippen LogP contribution in [0.2, 0.25) is 0 Å². The van der Waals surface area contributed by atoms with Gasteiger partial charge in [0.05, 0.1) is 16.5 Å². The molecule has 1 heterocycles. The van der Waals surface area contributed by atoms with Gasteiger partial charge in [0.25, 0.3) is 0 Å². The van der Waals surface area contributed by atoms with Crippen LogP contribution in [-0.2, 0) is 24.2 Å². The van der Waals surface area contributed by atoms with Crippen LogP contribution in [-0.4, -0.2) is 13.0 Å². The topological polar surface area (TPSA) is 71.3 Å². The number of hydrogen-bond acceptors (Lipinski definition) is 6. The summed E-state index contributed by atoms with van der Waals surface area (Å²) in [6.45, 7) is 2.63. The van der Waals surface area contributed by atoms with Crippen molar-refractivity contribution in [2.75, 3.05) is 12.4 Å². The highest BCUT2D eigenvalue weighted by Gasteiger charge is 2.23. The molecule has 1 amide bonds. The van der Waals surface area contributed by atoms with E-state index in [0.717, 1.165) is 45.3 Å². The van der Waals surface area contributed by atoms with E-state index in [1.165, 1.54) is 17.4 Å². The van der Waals surface area contributed by atoms with E-state index >= 15 is 0 Å². The summed E-state index contributed by atoms with van der Waals surface area (Å²) >= 11 is 6.88. The Bertz CT molecular complexity index is 1360. The van der Waals surface area contributed by atoms with Crippen molar-refractivity contribution >= 4 is 40.5 Å². The number of nitrogens with one attached hydrogen (secondary N) is 1. The quantitative estimate of drug-likeness (QED) is 0.287. The molecule has 2 aromatic carbocycles. The molecule has 1 aliphatic carbocycles. The number of benzene rings is 2. The van der Waals surface area contributed by atoms with Crippen molar-refractivity contribution in [3.63, 3.8) is 0 Å². The van der Waals surface area contributed by atoms with E-state index in [2.05, 4.69) is 18.3 Å². The molecule has 1 N–H and O–H groups in total. The molecule has 0 saturated carbocycles. The van der Waals surface area contributed by atoms with Crippen LogP contribution in [0, 0.1) is 21.1 Å². The van der Waals surface area contributed by atoms with Gasteiger partial charge < -0.3 is 14.8 Å². The van der Waals surface area contributed by atoms with Crippen LogP contribution >= 0.6 is 23.6 Å². The summed E-state index contributed by atoms with van der Waals surface area (Å²) in [6.07, 6.45) is 5.86. The number of amides is 1. The molecule has 0 spiro atoms. The number of nitrogens with zero attached hydrogens (tertiary/aromatic N) is 1. The van der Waals surface area contributed by atoms with Crippen molar-refractivity contribution in [2.24, 2.45) is 5.92 Å². The zero-order chi connectivity index (χ0) is 24.8. The number of hydrogen-bond donors (Lipinski definition) is 1. The number of anilines is 1. The van der Waals surface area contributed by atoms with E-state index in [0.29, 0.717) is 34.6 Å². The molecule has 7 heteroatoms. The summed E-state index contributed by atoms with van der Waals surface area (Å²) in [5.74, 6) is 1.44. The third kappa shape index (κ3) is 5.97. The van der Waals surface area contributed by atoms with Crippen LogP contribution in [0.1, 0.15) is 41.2 Å². The van der Waals surface area contributed by atoms with Crippen LogP contribution in [0.5, 0.6) is 11.5 Å². The van der Waals surface area contributed by atoms with Crippen molar-refractivity contribution in [2.45, 2.75) is 32.8 Å². The van der Waals surface area contributed by atoms with Crippen LogP contribution in [0.25, 0.3) is 6.08 Å². The Kier molecular flexibility index (Phi) is 7.96. The molecule has 0 saturated heterocycles. The molecular formula is C28H26N2O3S2. The van der Waals surface area contributed by atoms with Gasteiger partial charge in [-0.05, 0) is 65.6 Å². The fourth-order valence-electron chi connectivity index (χ4n) is 4.11. The molecule has 4 rings (SSSR count). The summed E-state index contributed by atoms with van der Waals surface area (Å²) in [7, 11) is 1.58. The molecule has 0 bridgehead atoms. The molecule has 1 atom stereocenters. The number of nitriles is 1. The smallest absolute Gasteiger partial charge is 0.249 e. The van der Waals surface area contributed by atoms with Crippen LogP contribution in [0.15, 0.2) is 54.6 Å². The fourth-order valence-corrected chi connectivity index (χ4v) is 5.51. The number of ether oxygens (including phenoxy) is 2. The number of fused-ring (bicyclic) bond motifs is 1. The van der Waals surface area contributed by atoms with E-state index in [9.17, 15) is 10.1 Å². The lowest BCUT2D eigenvalue weighted by molar-refractivity contribution is -0.111. The highest BCUT2D eigenvalue weighted by molar-refractivity contribution is 7.73. The van der Waals surface area contributed by atoms with Crippen molar-refractivity contribution in [3.8, 4) is 17.6 Å². The molecular weight excluding hydrogens is 476 g/mol. The molecule has 5 nitrogen and oxygen atoms in total. The molecule has 0 aliphatic heterocycles. The average Bonchev–Trinajstić information content (AvgIpc) is 2.87. The monoisotopic (exact) mass is 502 g/mol. The highest BCUT2D eigenvalue weighted by Crippen LogP contribution is 2.36. The minimum absolute atomic E-state index is 0.320. The minimum atomic E-state index is -0.320. The zero-order valence-corrected chi connectivity index (χ0v) is 21.3. The molecule has 3 aromatic rings. The lowest BCUT2D eigenvalue weighted by atomic mass is 9.85. The summed E-state index contributed by atoms with van der Waals surface area (Å²) in [6, 6.07) is 17.7. The maximum atomic E-state index is 12.7. The van der Waals surface area contributed by atoms with Gasteiger partial charge in [-0.25, -0.2) is 0 Å². The maximum absolute atomic E-state index is 12.7. The fraction of sp³-hybridized carbons (Fsp3) is 0.250. The summed E-state index contributed by atoms with van der Waals surface area (Å²) in [4.78, 5) is 12.7. The lowest BCUT2D eigenvalue weighted by Crippen LogP contribution is -2.15. The Labute approximate surface area is 214 Å². The third-order valence-corrected chi connectivity index (χ3v) is 7.41. The van der Waals surface area contributed by atoms with Gasteiger partial charge in [0.15, 0.2) is 11.5 Å². The van der Waals surface area contributed by atoms with E-state index in [4.69, 9.17) is 21.7 Å². The molecule has 0 radical (unpaired) electrons. The molecule has 178 valence electrons. The van der Waals surface area contributed by atoms with Gasteiger partial charge in [-0.2, -0.15) is 5.26 Å². The Hall–Kier alpha value is -3.47. The van der Waals surface area contributed by atoms with Gasteiger partial charge in [-0.15, -0.1) is 11.3 Å². The Morgan fingerprint density at radius 3 is 2.77 bits per heavy atom. The van der Waals surface area contributed by atoms with Crippen molar-refractivity contribution in [3.05, 3.63) is 86.2 Å². The van der Waals surface area contributed by atoms with Gasteiger partial charge >= 0.3 is 0 Å². The first-order valence-corrected chi connectivity index (χ1v) is 12.6. The number of carbonyl (C=O) groups is 1. The predicted octanol–water partition coefficient (Wildman–Crippen LogP) is 6.71. The van der Waals surface area contributed by atoms with Crippen molar-refractivity contribution in [1.82, 2.24) is 0 Å². The Morgan fingerprint density at radius 1 is 1.23 bits per heavy atom. The first-order chi connectivity index (χ1) is 17.0. The number of carbonyl (C=O) groups excluding carboxylic acids is 1. The number of methoxy groups -OCH3 is 1. The average molecular weight is 503 g/mol. The molecule has 1 aromatic heterocycles. The number of rotatable bonds is 7. The standard InChI is InChI=1S/C28H26N2O3S2/c1-18-8-11-21-22(14-18)28(34)35-27(23(21)16-29)30-26(31)13-10-19-9-12-24(25(15-19)32-2)33-17-20-6-4-3-5-7-20/h3-7,9-10,12-13,15,18H,8,11,14,17H2,1-2H3,(H,30,31)/b13-10+. The highest BCUT2D eigenvalue weighted by atomic mass is 32.1. The largest absolute Gasteiger partial charge is 0.493 e. The van der Waals surface area contributed by atoms with Gasteiger partial charge in [0, 0.05) is 6.08 Å². The van der Waals surface area contributed by atoms with Crippen LogP contribution in [0.4, 0.5) is 5.00 Å². The minimum Gasteiger partial charge on any atom is -0.493 e. The molecule has 1 unspecified atom stereocenters. The third-order valence-electron chi connectivity index (χ3n) is 5.97. The molecule has 1 aliphatic rings.